The molecule has 1 aromatic rings. The molecule has 0 saturated carbocycles. The third-order valence-corrected chi connectivity index (χ3v) is 3.48. The zero-order valence-corrected chi connectivity index (χ0v) is 15.5. The van der Waals surface area contributed by atoms with Gasteiger partial charge in [0.25, 0.3) is 5.91 Å². The molecule has 3 amide bonds. The second-order valence-corrected chi connectivity index (χ2v) is 6.37. The van der Waals surface area contributed by atoms with Crippen LogP contribution in [0, 0.1) is 11.7 Å². The van der Waals surface area contributed by atoms with Gasteiger partial charge in [-0.1, -0.05) is 13.8 Å². The van der Waals surface area contributed by atoms with Crippen LogP contribution >= 0.6 is 15.9 Å². The molecule has 138 valence electrons. The fourth-order valence-corrected chi connectivity index (χ4v) is 2.06. The predicted octanol–water partition coefficient (Wildman–Crippen LogP) is 2.38. The van der Waals surface area contributed by atoms with E-state index in [1.54, 1.807) is 0 Å². The van der Waals surface area contributed by atoms with Gasteiger partial charge >= 0.3 is 12.0 Å². The molecular weight excluding hydrogens is 399 g/mol. The molecule has 0 aliphatic carbocycles. The maximum Gasteiger partial charge on any atom is 0.344 e. The van der Waals surface area contributed by atoms with E-state index in [2.05, 4.69) is 26.0 Å². The first-order valence-electron chi connectivity index (χ1n) is 7.59. The number of halogens is 2. The Labute approximate surface area is 153 Å². The van der Waals surface area contributed by atoms with Crippen LogP contribution in [-0.2, 0) is 14.3 Å². The Balaban J connectivity index is 2.24. The number of imide groups is 1. The van der Waals surface area contributed by atoms with Crippen molar-refractivity contribution in [2.75, 3.05) is 19.8 Å². The summed E-state index contributed by atoms with van der Waals surface area (Å²) < 4.78 is 23.1. The third kappa shape index (κ3) is 9.04. The number of urea groups is 1. The van der Waals surface area contributed by atoms with Crippen molar-refractivity contribution in [1.82, 2.24) is 10.6 Å². The van der Waals surface area contributed by atoms with Crippen LogP contribution in [0.3, 0.4) is 0 Å². The second-order valence-electron chi connectivity index (χ2n) is 5.51. The summed E-state index contributed by atoms with van der Waals surface area (Å²) in [5, 5.41) is 4.56. The molecule has 0 saturated heterocycles. The number of esters is 1. The van der Waals surface area contributed by atoms with Crippen molar-refractivity contribution in [3.05, 3.63) is 28.5 Å². The van der Waals surface area contributed by atoms with E-state index in [1.165, 1.54) is 18.2 Å². The van der Waals surface area contributed by atoms with E-state index in [4.69, 9.17) is 4.74 Å². The van der Waals surface area contributed by atoms with Crippen molar-refractivity contribution in [1.29, 1.82) is 0 Å². The van der Waals surface area contributed by atoms with Crippen LogP contribution in [0.4, 0.5) is 9.18 Å². The van der Waals surface area contributed by atoms with Gasteiger partial charge in [-0.2, -0.15) is 0 Å². The Morgan fingerprint density at radius 1 is 1.24 bits per heavy atom. The number of hydrogen-bond donors (Lipinski definition) is 2. The molecule has 0 spiro atoms. The molecule has 1 rings (SSSR count). The minimum absolute atomic E-state index is 0.257. The van der Waals surface area contributed by atoms with E-state index < -0.39 is 36.9 Å². The van der Waals surface area contributed by atoms with Crippen molar-refractivity contribution < 1.29 is 28.2 Å². The number of amides is 3. The van der Waals surface area contributed by atoms with Crippen LogP contribution in [0.2, 0.25) is 0 Å². The Morgan fingerprint density at radius 2 is 1.96 bits per heavy atom. The van der Waals surface area contributed by atoms with E-state index in [0.717, 1.165) is 6.42 Å². The molecule has 0 aliphatic rings. The lowest BCUT2D eigenvalue weighted by atomic mass is 10.1. The van der Waals surface area contributed by atoms with Gasteiger partial charge in [-0.3, -0.25) is 10.1 Å². The van der Waals surface area contributed by atoms with Gasteiger partial charge in [-0.05, 0) is 46.5 Å². The molecule has 0 radical (unpaired) electrons. The highest BCUT2D eigenvalue weighted by molar-refractivity contribution is 9.10. The van der Waals surface area contributed by atoms with Gasteiger partial charge in [-0.25, -0.2) is 14.0 Å². The Hall–Kier alpha value is -2.16. The van der Waals surface area contributed by atoms with E-state index in [0.29, 0.717) is 16.9 Å². The molecule has 0 heterocycles. The highest BCUT2D eigenvalue weighted by Gasteiger charge is 2.12. The smallest absolute Gasteiger partial charge is 0.344 e. The first-order chi connectivity index (χ1) is 11.8. The summed E-state index contributed by atoms with van der Waals surface area (Å²) in [6.07, 6.45) is 0.785. The molecule has 25 heavy (non-hydrogen) atoms. The number of rotatable bonds is 8. The molecule has 0 aromatic heterocycles. The summed E-state index contributed by atoms with van der Waals surface area (Å²) >= 11 is 3.09. The quantitative estimate of drug-likeness (QED) is 0.632. The summed E-state index contributed by atoms with van der Waals surface area (Å²) in [7, 11) is 0. The molecule has 1 aromatic carbocycles. The van der Waals surface area contributed by atoms with Crippen molar-refractivity contribution in [3.63, 3.8) is 0 Å². The van der Waals surface area contributed by atoms with Crippen LogP contribution in [0.25, 0.3) is 0 Å². The van der Waals surface area contributed by atoms with Crippen LogP contribution < -0.4 is 15.4 Å². The molecule has 0 fully saturated rings. The molecule has 9 heteroatoms. The number of hydrogen-bond acceptors (Lipinski definition) is 5. The number of carbonyl (C=O) groups excluding carboxylic acids is 3. The first-order valence-corrected chi connectivity index (χ1v) is 8.38. The number of benzene rings is 1. The first kappa shape index (κ1) is 20.9. The third-order valence-electron chi connectivity index (χ3n) is 2.86. The van der Waals surface area contributed by atoms with Gasteiger partial charge in [0.15, 0.2) is 13.2 Å². The summed E-state index contributed by atoms with van der Waals surface area (Å²) in [6, 6.07) is 3.07. The van der Waals surface area contributed by atoms with Gasteiger partial charge in [0.2, 0.25) is 0 Å². The van der Waals surface area contributed by atoms with Crippen molar-refractivity contribution in [2.45, 2.75) is 20.3 Å². The minimum Gasteiger partial charge on any atom is -0.481 e. The van der Waals surface area contributed by atoms with Gasteiger partial charge in [-0.15, -0.1) is 0 Å². The maximum atomic E-state index is 12.9. The highest BCUT2D eigenvalue weighted by Crippen LogP contribution is 2.25. The Kier molecular flexibility index (Phi) is 8.90. The number of ether oxygens (including phenoxy) is 2. The number of carbonyl (C=O) groups is 3. The fraction of sp³-hybridized carbons (Fsp3) is 0.438. The molecule has 7 nitrogen and oxygen atoms in total. The lowest BCUT2D eigenvalue weighted by molar-refractivity contribution is -0.150. The minimum atomic E-state index is -0.799. The maximum absolute atomic E-state index is 12.9. The van der Waals surface area contributed by atoms with Crippen LogP contribution in [0.15, 0.2) is 22.7 Å². The van der Waals surface area contributed by atoms with E-state index in [1.807, 2.05) is 19.2 Å². The van der Waals surface area contributed by atoms with E-state index >= 15 is 0 Å². The average molecular weight is 419 g/mol. The normalized spacial score (nSPS) is 10.3. The standard InChI is InChI=1S/C16H20BrFN2O5/c1-10(2)5-6-19-16(23)20-14(21)8-25-15(22)9-24-13-4-3-11(18)7-12(13)17/h3-4,7,10H,5-6,8-9H2,1-2H3,(H2,19,20,21,23). The molecular formula is C16H20BrFN2O5. The molecule has 0 unspecified atom stereocenters. The second kappa shape index (κ2) is 10.7. The van der Waals surface area contributed by atoms with Crippen molar-refractivity contribution in [3.8, 4) is 5.75 Å². The average Bonchev–Trinajstić information content (AvgIpc) is 2.51. The Bertz CT molecular complexity index is 625. The monoisotopic (exact) mass is 418 g/mol. The summed E-state index contributed by atoms with van der Waals surface area (Å²) in [5.41, 5.74) is 0. The zero-order chi connectivity index (χ0) is 18.8. The predicted molar refractivity (Wildman–Crippen MR) is 91.6 cm³/mol. The lowest BCUT2D eigenvalue weighted by Gasteiger charge is -2.09. The SMILES string of the molecule is CC(C)CCNC(=O)NC(=O)COC(=O)COc1ccc(F)cc1Br. The van der Waals surface area contributed by atoms with E-state index in [9.17, 15) is 18.8 Å². The summed E-state index contributed by atoms with van der Waals surface area (Å²) in [5.74, 6) is -1.32. The van der Waals surface area contributed by atoms with Crippen molar-refractivity contribution >= 4 is 33.8 Å². The van der Waals surface area contributed by atoms with Gasteiger partial charge < -0.3 is 14.8 Å². The zero-order valence-electron chi connectivity index (χ0n) is 13.9. The lowest BCUT2D eigenvalue weighted by Crippen LogP contribution is -2.42. The van der Waals surface area contributed by atoms with Crippen LogP contribution in [0.5, 0.6) is 5.75 Å². The molecule has 0 bridgehead atoms. The molecule has 2 N–H and O–H groups in total. The Morgan fingerprint density at radius 3 is 2.60 bits per heavy atom. The van der Waals surface area contributed by atoms with Crippen LogP contribution in [-0.4, -0.2) is 37.7 Å². The molecule has 0 atom stereocenters. The van der Waals surface area contributed by atoms with Crippen LogP contribution in [0.1, 0.15) is 20.3 Å². The van der Waals surface area contributed by atoms with Gasteiger partial charge in [0.1, 0.15) is 11.6 Å². The van der Waals surface area contributed by atoms with E-state index in [-0.39, 0.29) is 5.75 Å². The molecule has 0 aliphatic heterocycles. The topological polar surface area (TPSA) is 93.7 Å². The van der Waals surface area contributed by atoms with Crippen molar-refractivity contribution in [2.24, 2.45) is 5.92 Å². The highest BCUT2D eigenvalue weighted by atomic mass is 79.9. The van der Waals surface area contributed by atoms with Gasteiger partial charge in [0, 0.05) is 6.54 Å². The summed E-state index contributed by atoms with van der Waals surface area (Å²) in [4.78, 5) is 34.4. The largest absolute Gasteiger partial charge is 0.481 e. The summed E-state index contributed by atoms with van der Waals surface area (Å²) in [6.45, 7) is 3.40. The fourth-order valence-electron chi connectivity index (χ4n) is 1.60. The number of nitrogens with one attached hydrogen (secondary N) is 2. The van der Waals surface area contributed by atoms with Gasteiger partial charge in [0.05, 0.1) is 4.47 Å².